The van der Waals surface area contributed by atoms with Gasteiger partial charge in [-0.2, -0.15) is 0 Å². The third kappa shape index (κ3) is 4.50. The highest BCUT2D eigenvalue weighted by atomic mass is 79.9. The van der Waals surface area contributed by atoms with E-state index in [9.17, 15) is 0 Å². The Kier molecular flexibility index (Phi) is 5.85. The Morgan fingerprint density at radius 1 is 0.500 bits per heavy atom. The first kappa shape index (κ1) is 20.6. The first-order valence-corrected chi connectivity index (χ1v) is 11.4. The molecule has 154 valence electrons. The highest BCUT2D eigenvalue weighted by Crippen LogP contribution is 2.31. The van der Waals surface area contributed by atoms with Crippen LogP contribution in [0.1, 0.15) is 0 Å². The minimum atomic E-state index is 0.644. The second kappa shape index (κ2) is 9.07. The lowest BCUT2D eigenvalue weighted by Gasteiger charge is -2.11. The minimum absolute atomic E-state index is 0.644. The average molecular weight is 498 g/mol. The number of hydrogen-bond acceptors (Lipinski definition) is 2. The Balaban J connectivity index is 1.68. The number of nitrogens with zero attached hydrogens (tertiary/aromatic N) is 2. The summed E-state index contributed by atoms with van der Waals surface area (Å²) in [5.41, 5.74) is 6.98. The third-order valence-electron chi connectivity index (χ3n) is 5.19. The molecule has 4 heteroatoms. The number of halogens is 2. The molecule has 0 aliphatic carbocycles. The predicted molar refractivity (Wildman–Crippen MR) is 136 cm³/mol. The molecule has 0 aliphatic heterocycles. The van der Waals surface area contributed by atoms with Gasteiger partial charge in [0.1, 0.15) is 0 Å². The van der Waals surface area contributed by atoms with Crippen molar-refractivity contribution in [3.05, 3.63) is 119 Å². The van der Waals surface area contributed by atoms with Crippen LogP contribution in [0.5, 0.6) is 0 Å². The Bertz CT molecular complexity index is 1340. The van der Waals surface area contributed by atoms with E-state index in [4.69, 9.17) is 21.6 Å². The van der Waals surface area contributed by atoms with E-state index in [-0.39, 0.29) is 0 Å². The fourth-order valence-electron chi connectivity index (χ4n) is 3.64. The van der Waals surface area contributed by atoms with Crippen LogP contribution >= 0.6 is 27.5 Å². The quantitative estimate of drug-likeness (QED) is 0.248. The van der Waals surface area contributed by atoms with Crippen LogP contribution in [0, 0.1) is 0 Å². The van der Waals surface area contributed by atoms with Gasteiger partial charge in [0.15, 0.2) is 5.82 Å². The van der Waals surface area contributed by atoms with Crippen LogP contribution in [-0.2, 0) is 0 Å². The van der Waals surface area contributed by atoms with Crippen molar-refractivity contribution < 1.29 is 0 Å². The van der Waals surface area contributed by atoms with E-state index < -0.39 is 0 Å². The van der Waals surface area contributed by atoms with Gasteiger partial charge >= 0.3 is 0 Å². The second-order valence-corrected chi connectivity index (χ2v) is 8.78. The zero-order chi connectivity index (χ0) is 21.9. The van der Waals surface area contributed by atoms with Crippen LogP contribution in [0.3, 0.4) is 0 Å². The van der Waals surface area contributed by atoms with E-state index in [2.05, 4.69) is 76.6 Å². The molecule has 0 aliphatic rings. The molecule has 1 aromatic heterocycles. The molecule has 4 aromatic carbocycles. The smallest absolute Gasteiger partial charge is 0.160 e. The summed E-state index contributed by atoms with van der Waals surface area (Å²) in [5, 5.41) is 0.659. The fraction of sp³-hybridized carbons (Fsp3) is 0. The van der Waals surface area contributed by atoms with Crippen LogP contribution in [-0.4, -0.2) is 9.97 Å². The molecule has 0 atom stereocenters. The van der Waals surface area contributed by atoms with Gasteiger partial charge in [-0.05, 0) is 47.5 Å². The standard InChI is InChI=1S/C28H18BrClN2/c29-24-13-5-11-22(16-24)27-18-26(31-28(32-27)23-12-6-14-25(30)17-23)21-10-4-9-20(15-21)19-7-2-1-3-8-19/h1-18H. The van der Waals surface area contributed by atoms with Gasteiger partial charge < -0.3 is 0 Å². The molecular weight excluding hydrogens is 480 g/mol. The van der Waals surface area contributed by atoms with Crippen molar-refractivity contribution >= 4 is 27.5 Å². The van der Waals surface area contributed by atoms with E-state index >= 15 is 0 Å². The van der Waals surface area contributed by atoms with Crippen molar-refractivity contribution in [2.75, 3.05) is 0 Å². The fourth-order valence-corrected chi connectivity index (χ4v) is 4.23. The number of rotatable bonds is 4. The van der Waals surface area contributed by atoms with Gasteiger partial charge in [-0.25, -0.2) is 9.97 Å². The summed E-state index contributed by atoms with van der Waals surface area (Å²) in [6.45, 7) is 0. The van der Waals surface area contributed by atoms with Gasteiger partial charge in [0.2, 0.25) is 0 Å². The van der Waals surface area contributed by atoms with E-state index in [0.29, 0.717) is 10.8 Å². The van der Waals surface area contributed by atoms with Crippen LogP contribution in [0.2, 0.25) is 5.02 Å². The molecule has 0 N–H and O–H groups in total. The van der Waals surface area contributed by atoms with Crippen molar-refractivity contribution in [1.82, 2.24) is 9.97 Å². The van der Waals surface area contributed by atoms with Crippen molar-refractivity contribution in [3.8, 4) is 45.0 Å². The minimum Gasteiger partial charge on any atom is -0.228 e. The average Bonchev–Trinajstić information content (AvgIpc) is 2.84. The largest absolute Gasteiger partial charge is 0.228 e. The third-order valence-corrected chi connectivity index (χ3v) is 5.92. The molecule has 5 aromatic rings. The van der Waals surface area contributed by atoms with Gasteiger partial charge in [0.05, 0.1) is 11.4 Å². The number of aromatic nitrogens is 2. The molecule has 0 saturated heterocycles. The van der Waals surface area contributed by atoms with Gasteiger partial charge in [-0.15, -0.1) is 0 Å². The monoisotopic (exact) mass is 496 g/mol. The summed E-state index contributed by atoms with van der Waals surface area (Å²) in [6.07, 6.45) is 0. The summed E-state index contributed by atoms with van der Waals surface area (Å²) in [4.78, 5) is 9.79. The SMILES string of the molecule is Clc1cccc(-c2nc(-c3cccc(Br)c3)cc(-c3cccc(-c4ccccc4)c3)n2)c1. The maximum absolute atomic E-state index is 6.26. The van der Waals surface area contributed by atoms with E-state index in [0.717, 1.165) is 38.1 Å². The molecule has 0 unspecified atom stereocenters. The zero-order valence-electron chi connectivity index (χ0n) is 17.0. The molecule has 32 heavy (non-hydrogen) atoms. The Morgan fingerprint density at radius 3 is 1.81 bits per heavy atom. The predicted octanol–water partition coefficient (Wildman–Crippen LogP) is 8.56. The van der Waals surface area contributed by atoms with Gasteiger partial charge in [-0.1, -0.05) is 100 Å². The number of benzene rings is 4. The lowest BCUT2D eigenvalue weighted by atomic mass is 10.0. The maximum atomic E-state index is 6.26. The van der Waals surface area contributed by atoms with Crippen LogP contribution < -0.4 is 0 Å². The maximum Gasteiger partial charge on any atom is 0.160 e. The first-order valence-electron chi connectivity index (χ1n) is 10.2. The molecule has 5 rings (SSSR count). The molecule has 2 nitrogen and oxygen atoms in total. The van der Waals surface area contributed by atoms with E-state index in [1.807, 2.05) is 48.5 Å². The van der Waals surface area contributed by atoms with Crippen molar-refractivity contribution in [2.24, 2.45) is 0 Å². The molecule has 1 heterocycles. The van der Waals surface area contributed by atoms with Crippen molar-refractivity contribution in [3.63, 3.8) is 0 Å². The Labute approximate surface area is 200 Å². The molecule has 0 saturated carbocycles. The molecule has 0 fully saturated rings. The Morgan fingerprint density at radius 2 is 1.09 bits per heavy atom. The van der Waals surface area contributed by atoms with Gasteiger partial charge in [0.25, 0.3) is 0 Å². The van der Waals surface area contributed by atoms with Crippen LogP contribution in [0.4, 0.5) is 0 Å². The molecule has 0 spiro atoms. The summed E-state index contributed by atoms with van der Waals surface area (Å²) in [5.74, 6) is 0.644. The lowest BCUT2D eigenvalue weighted by Crippen LogP contribution is -1.96. The number of hydrogen-bond donors (Lipinski definition) is 0. The van der Waals surface area contributed by atoms with Crippen LogP contribution in [0.25, 0.3) is 45.0 Å². The van der Waals surface area contributed by atoms with Gasteiger partial charge in [-0.3, -0.25) is 0 Å². The zero-order valence-corrected chi connectivity index (χ0v) is 19.4. The highest BCUT2D eigenvalue weighted by molar-refractivity contribution is 9.10. The first-order chi connectivity index (χ1) is 15.7. The summed E-state index contributed by atoms with van der Waals surface area (Å²) in [6, 6.07) is 36.6. The molecular formula is C28H18BrClN2. The molecule has 0 amide bonds. The summed E-state index contributed by atoms with van der Waals surface area (Å²) in [7, 11) is 0. The molecule has 0 radical (unpaired) electrons. The van der Waals surface area contributed by atoms with Crippen molar-refractivity contribution in [1.29, 1.82) is 0 Å². The van der Waals surface area contributed by atoms with E-state index in [1.54, 1.807) is 0 Å². The topological polar surface area (TPSA) is 25.8 Å². The highest BCUT2D eigenvalue weighted by Gasteiger charge is 2.12. The van der Waals surface area contributed by atoms with Gasteiger partial charge in [0, 0.05) is 26.2 Å². The molecule has 0 bridgehead atoms. The van der Waals surface area contributed by atoms with E-state index in [1.165, 1.54) is 5.56 Å². The second-order valence-electron chi connectivity index (χ2n) is 7.43. The lowest BCUT2D eigenvalue weighted by molar-refractivity contribution is 1.18. The summed E-state index contributed by atoms with van der Waals surface area (Å²) < 4.78 is 1.01. The Hall–Kier alpha value is -3.27. The summed E-state index contributed by atoms with van der Waals surface area (Å²) >= 11 is 9.83. The van der Waals surface area contributed by atoms with Crippen LogP contribution in [0.15, 0.2) is 114 Å². The van der Waals surface area contributed by atoms with Crippen molar-refractivity contribution in [2.45, 2.75) is 0 Å². The normalized spacial score (nSPS) is 10.8.